The molecule has 4 heteroatoms. The Balaban J connectivity index is 1.51. The van der Waals surface area contributed by atoms with Crippen LogP contribution in [0.25, 0.3) is 0 Å². The van der Waals surface area contributed by atoms with Crippen LogP contribution in [-0.4, -0.2) is 18.2 Å². The van der Waals surface area contributed by atoms with E-state index in [1.54, 1.807) is 6.92 Å². The van der Waals surface area contributed by atoms with Crippen LogP contribution in [0.1, 0.15) is 45.4 Å². The molecule has 8 unspecified atom stereocenters. The minimum Gasteiger partial charge on any atom is -0.285 e. The van der Waals surface area contributed by atoms with Crippen molar-refractivity contribution in [3.05, 3.63) is 0 Å². The number of fused-ring (bicyclic) bond motifs is 9. The minimum atomic E-state index is -3.84. The molecule has 0 heterocycles. The zero-order chi connectivity index (χ0) is 13.4. The summed E-state index contributed by atoms with van der Waals surface area (Å²) in [5, 5.41) is -0.575. The SMILES string of the molecule is CC(CC1CC2CC1C1C3CCC(C3)C21)S(=O)(=O)O. The Hall–Kier alpha value is -0.0900. The van der Waals surface area contributed by atoms with Gasteiger partial charge < -0.3 is 0 Å². The molecular formula is C15H24O3S. The Kier molecular flexibility index (Phi) is 2.64. The number of hydrogen-bond donors (Lipinski definition) is 1. The van der Waals surface area contributed by atoms with Crippen molar-refractivity contribution < 1.29 is 13.0 Å². The monoisotopic (exact) mass is 284 g/mol. The maximum atomic E-state index is 11.2. The molecule has 1 N–H and O–H groups in total. The summed E-state index contributed by atoms with van der Waals surface area (Å²) < 4.78 is 31.7. The fraction of sp³-hybridized carbons (Fsp3) is 1.00. The van der Waals surface area contributed by atoms with Gasteiger partial charge in [-0.2, -0.15) is 8.42 Å². The molecule has 8 atom stereocenters. The van der Waals surface area contributed by atoms with Crippen LogP contribution in [0, 0.1) is 41.4 Å². The molecular weight excluding hydrogens is 260 g/mol. The van der Waals surface area contributed by atoms with Gasteiger partial charge in [-0.3, -0.25) is 4.55 Å². The van der Waals surface area contributed by atoms with E-state index >= 15 is 0 Å². The topological polar surface area (TPSA) is 54.4 Å². The molecule has 4 fully saturated rings. The summed E-state index contributed by atoms with van der Waals surface area (Å²) in [7, 11) is -3.84. The molecule has 0 aromatic heterocycles. The van der Waals surface area contributed by atoms with Gasteiger partial charge in [0.2, 0.25) is 0 Å². The second kappa shape index (κ2) is 3.97. The van der Waals surface area contributed by atoms with Crippen molar-refractivity contribution in [3.8, 4) is 0 Å². The van der Waals surface area contributed by atoms with Crippen molar-refractivity contribution >= 4 is 10.1 Å². The lowest BCUT2D eigenvalue weighted by atomic mass is 9.67. The molecule has 0 saturated heterocycles. The maximum Gasteiger partial charge on any atom is 0.267 e. The molecule has 3 nitrogen and oxygen atoms in total. The van der Waals surface area contributed by atoms with Gasteiger partial charge in [0.1, 0.15) is 0 Å². The second-order valence-corrected chi connectivity index (χ2v) is 9.54. The van der Waals surface area contributed by atoms with Gasteiger partial charge in [0, 0.05) is 0 Å². The van der Waals surface area contributed by atoms with Crippen LogP contribution >= 0.6 is 0 Å². The van der Waals surface area contributed by atoms with Gasteiger partial charge in [0.05, 0.1) is 5.25 Å². The molecule has 19 heavy (non-hydrogen) atoms. The van der Waals surface area contributed by atoms with E-state index in [0.717, 1.165) is 35.5 Å². The number of rotatable bonds is 3. The molecule has 0 spiro atoms. The standard InChI is InChI=1S/C15H24O3S/c1-8(19(16,17)18)4-11-6-12-7-13(11)15-10-3-2-9(5-10)14(12)15/h8-15H,2-7H2,1H3,(H,16,17,18). The van der Waals surface area contributed by atoms with E-state index in [1.165, 1.54) is 32.1 Å². The van der Waals surface area contributed by atoms with Crippen molar-refractivity contribution in [1.82, 2.24) is 0 Å². The Morgan fingerprint density at radius 2 is 1.74 bits per heavy atom. The van der Waals surface area contributed by atoms with Crippen molar-refractivity contribution in [3.63, 3.8) is 0 Å². The Morgan fingerprint density at radius 1 is 1.05 bits per heavy atom. The van der Waals surface area contributed by atoms with E-state index in [4.69, 9.17) is 0 Å². The van der Waals surface area contributed by atoms with Crippen molar-refractivity contribution in [2.45, 2.75) is 50.7 Å². The summed E-state index contributed by atoms with van der Waals surface area (Å²) in [6.07, 6.45) is 7.61. The minimum absolute atomic E-state index is 0.558. The van der Waals surface area contributed by atoms with Gasteiger partial charge in [0.25, 0.3) is 10.1 Å². The molecule has 0 aromatic rings. The summed E-state index contributed by atoms with van der Waals surface area (Å²) in [5.41, 5.74) is 0. The molecule has 4 rings (SSSR count). The van der Waals surface area contributed by atoms with Crippen molar-refractivity contribution in [2.24, 2.45) is 41.4 Å². The molecule has 0 amide bonds. The Bertz CT molecular complexity index is 486. The van der Waals surface area contributed by atoms with E-state index in [0.29, 0.717) is 12.3 Å². The highest BCUT2D eigenvalue weighted by molar-refractivity contribution is 7.86. The van der Waals surface area contributed by atoms with E-state index in [1.807, 2.05) is 0 Å². The molecule has 0 aromatic carbocycles. The van der Waals surface area contributed by atoms with Crippen molar-refractivity contribution in [1.29, 1.82) is 0 Å². The van der Waals surface area contributed by atoms with Gasteiger partial charge in [0.15, 0.2) is 0 Å². The molecule has 0 aliphatic heterocycles. The molecule has 0 radical (unpaired) electrons. The highest BCUT2D eigenvalue weighted by Gasteiger charge is 2.62. The summed E-state index contributed by atoms with van der Waals surface area (Å²) in [6.45, 7) is 1.67. The molecule has 4 bridgehead atoms. The normalized spacial score (nSPS) is 52.6. The Morgan fingerprint density at radius 3 is 2.42 bits per heavy atom. The van der Waals surface area contributed by atoms with Crippen LogP contribution in [0.3, 0.4) is 0 Å². The van der Waals surface area contributed by atoms with Crippen LogP contribution in [0.5, 0.6) is 0 Å². The van der Waals surface area contributed by atoms with Gasteiger partial charge >= 0.3 is 0 Å². The van der Waals surface area contributed by atoms with E-state index in [-0.39, 0.29) is 0 Å². The Labute approximate surface area is 115 Å². The van der Waals surface area contributed by atoms with Crippen LogP contribution in [0.15, 0.2) is 0 Å². The lowest BCUT2D eigenvalue weighted by molar-refractivity contribution is 0.101. The van der Waals surface area contributed by atoms with Gasteiger partial charge in [-0.15, -0.1) is 0 Å². The fourth-order valence-corrected chi connectivity index (χ4v) is 7.01. The predicted octanol–water partition coefficient (Wildman–Crippen LogP) is 2.97. The highest BCUT2D eigenvalue weighted by Crippen LogP contribution is 2.69. The average Bonchev–Trinajstić information content (AvgIpc) is 3.05. The van der Waals surface area contributed by atoms with Crippen LogP contribution in [-0.2, 0) is 10.1 Å². The van der Waals surface area contributed by atoms with Crippen LogP contribution < -0.4 is 0 Å². The molecule has 4 aliphatic carbocycles. The first-order chi connectivity index (χ1) is 8.95. The zero-order valence-corrected chi connectivity index (χ0v) is 12.3. The lowest BCUT2D eigenvalue weighted by Gasteiger charge is -2.39. The van der Waals surface area contributed by atoms with Crippen molar-refractivity contribution in [2.75, 3.05) is 0 Å². The molecule has 108 valence electrons. The first-order valence-corrected chi connectivity index (χ1v) is 9.41. The predicted molar refractivity (Wildman–Crippen MR) is 73.1 cm³/mol. The molecule has 4 saturated carbocycles. The lowest BCUT2D eigenvalue weighted by Crippen LogP contribution is -2.34. The van der Waals surface area contributed by atoms with E-state index in [2.05, 4.69) is 0 Å². The first kappa shape index (κ1) is 12.6. The summed E-state index contributed by atoms with van der Waals surface area (Å²) in [4.78, 5) is 0. The largest absolute Gasteiger partial charge is 0.285 e. The summed E-state index contributed by atoms with van der Waals surface area (Å²) >= 11 is 0. The van der Waals surface area contributed by atoms with E-state index in [9.17, 15) is 13.0 Å². The summed E-state index contributed by atoms with van der Waals surface area (Å²) in [5.74, 6) is 6.07. The van der Waals surface area contributed by atoms with Crippen LogP contribution in [0.4, 0.5) is 0 Å². The van der Waals surface area contributed by atoms with E-state index < -0.39 is 15.4 Å². The fourth-order valence-electron chi connectivity index (χ4n) is 6.52. The average molecular weight is 284 g/mol. The maximum absolute atomic E-state index is 11.2. The molecule has 4 aliphatic rings. The first-order valence-electron chi connectivity index (χ1n) is 7.91. The van der Waals surface area contributed by atoms with Gasteiger partial charge in [-0.1, -0.05) is 0 Å². The number of hydrogen-bond acceptors (Lipinski definition) is 2. The van der Waals surface area contributed by atoms with Crippen LogP contribution in [0.2, 0.25) is 0 Å². The summed E-state index contributed by atoms with van der Waals surface area (Å²) in [6, 6.07) is 0. The van der Waals surface area contributed by atoms with Gasteiger partial charge in [-0.25, -0.2) is 0 Å². The third-order valence-electron chi connectivity index (χ3n) is 7.01. The quantitative estimate of drug-likeness (QED) is 0.640. The second-order valence-electron chi connectivity index (χ2n) is 7.70. The smallest absolute Gasteiger partial charge is 0.267 e. The third kappa shape index (κ3) is 1.75. The third-order valence-corrected chi connectivity index (χ3v) is 8.22. The zero-order valence-electron chi connectivity index (χ0n) is 11.5. The highest BCUT2D eigenvalue weighted by atomic mass is 32.2. The van der Waals surface area contributed by atoms with Gasteiger partial charge in [-0.05, 0) is 86.9 Å².